The first-order chi connectivity index (χ1) is 22.0. The molecule has 0 saturated carbocycles. The molecular weight excluding hydrogens is 599 g/mol. The molecule has 3 atom stereocenters. The predicted molar refractivity (Wildman–Crippen MR) is 168 cm³/mol. The van der Waals surface area contributed by atoms with Crippen LogP contribution >= 0.6 is 0 Å². The van der Waals surface area contributed by atoms with Gasteiger partial charge < -0.3 is 14.7 Å². The summed E-state index contributed by atoms with van der Waals surface area (Å²) in [5.74, 6) is 0.753. The van der Waals surface area contributed by atoms with Crippen LogP contribution in [0.5, 0.6) is 6.01 Å². The molecule has 12 heteroatoms. The number of β-amino-alcohol motifs (C(OH)–C–C–N with tert-alkyl or cyclic N) is 1. The summed E-state index contributed by atoms with van der Waals surface area (Å²) < 4.78 is 52.5. The fourth-order valence-electron chi connectivity index (χ4n) is 7.63. The number of nitro groups is 1. The Bertz CT molecular complexity index is 1950. The van der Waals surface area contributed by atoms with E-state index in [1.807, 2.05) is 0 Å². The quantitative estimate of drug-likeness (QED) is 0.159. The molecule has 238 valence electrons. The van der Waals surface area contributed by atoms with Gasteiger partial charge in [0.25, 0.3) is 5.69 Å². The molecule has 3 saturated heterocycles. The molecule has 0 aliphatic carbocycles. The standard InChI is InChI=1S/C34H32F3N5O4/c1-3-22-25(36)10-9-20-7-4-8-23(27(20)22)28-26(42(44)45)15-24-30(29(28)37)38-32(39-31(24)40-13-5-11-33(2,43)18-40)46-19-34-12-6-14-41(34)17-21(35)16-34/h1,4,7-10,15,21,43H,5-6,11-14,16-19H2,2H3/t21-,33?,34+/m1/s1. The molecule has 1 unspecified atom stereocenters. The van der Waals surface area contributed by atoms with E-state index in [4.69, 9.17) is 11.2 Å². The van der Waals surface area contributed by atoms with E-state index in [2.05, 4.69) is 20.8 Å². The van der Waals surface area contributed by atoms with Crippen molar-refractivity contribution in [3.05, 3.63) is 63.7 Å². The van der Waals surface area contributed by atoms with Crippen LogP contribution in [0.25, 0.3) is 32.8 Å². The molecular formula is C34H32F3N5O4. The molecule has 3 fully saturated rings. The van der Waals surface area contributed by atoms with E-state index in [0.717, 1.165) is 19.4 Å². The van der Waals surface area contributed by atoms with Crippen LogP contribution in [0.1, 0.15) is 44.6 Å². The maximum Gasteiger partial charge on any atom is 0.319 e. The van der Waals surface area contributed by atoms with E-state index < -0.39 is 45.1 Å². The number of halogens is 3. The van der Waals surface area contributed by atoms with Gasteiger partial charge in [0.05, 0.1) is 32.6 Å². The second-order valence-corrected chi connectivity index (χ2v) is 12.9. The number of piperidine rings is 1. The van der Waals surface area contributed by atoms with Crippen molar-refractivity contribution in [1.82, 2.24) is 14.9 Å². The number of hydrogen-bond acceptors (Lipinski definition) is 8. The number of nitrogens with zero attached hydrogens (tertiary/aromatic N) is 5. The lowest BCUT2D eigenvalue weighted by Gasteiger charge is -2.38. The number of benzene rings is 3. The number of nitro benzene ring substituents is 1. The highest BCUT2D eigenvalue weighted by atomic mass is 19.1. The number of alkyl halides is 1. The van der Waals surface area contributed by atoms with Gasteiger partial charge in [0, 0.05) is 43.1 Å². The first-order valence-electron chi connectivity index (χ1n) is 15.4. The normalized spacial score (nSPS) is 24.8. The van der Waals surface area contributed by atoms with Crippen LogP contribution in [0.2, 0.25) is 0 Å². The molecule has 0 spiro atoms. The van der Waals surface area contributed by atoms with Crippen molar-refractivity contribution in [3.63, 3.8) is 0 Å². The van der Waals surface area contributed by atoms with Gasteiger partial charge in [-0.25, -0.2) is 13.2 Å². The average molecular weight is 632 g/mol. The molecule has 0 radical (unpaired) electrons. The van der Waals surface area contributed by atoms with Gasteiger partial charge in [-0.2, -0.15) is 9.97 Å². The zero-order chi connectivity index (χ0) is 32.4. The third kappa shape index (κ3) is 4.98. The van der Waals surface area contributed by atoms with Crippen molar-refractivity contribution in [3.8, 4) is 29.5 Å². The number of fused-ring (bicyclic) bond motifs is 3. The minimum absolute atomic E-state index is 0.0417. The highest BCUT2D eigenvalue weighted by Crippen LogP contribution is 2.45. The number of hydrogen-bond donors (Lipinski definition) is 1. The highest BCUT2D eigenvalue weighted by molar-refractivity contribution is 6.06. The van der Waals surface area contributed by atoms with E-state index in [0.29, 0.717) is 37.7 Å². The van der Waals surface area contributed by atoms with Gasteiger partial charge >= 0.3 is 6.01 Å². The van der Waals surface area contributed by atoms with Crippen LogP contribution < -0.4 is 9.64 Å². The van der Waals surface area contributed by atoms with Gasteiger partial charge in [-0.3, -0.25) is 15.0 Å². The molecule has 4 aromatic rings. The Morgan fingerprint density at radius 3 is 2.76 bits per heavy atom. The monoisotopic (exact) mass is 631 g/mol. The minimum Gasteiger partial charge on any atom is -0.461 e. The van der Waals surface area contributed by atoms with E-state index in [1.165, 1.54) is 24.3 Å². The minimum atomic E-state index is -1.08. The summed E-state index contributed by atoms with van der Waals surface area (Å²) in [6, 6.07) is 8.44. The topological polar surface area (TPSA) is 105 Å². The summed E-state index contributed by atoms with van der Waals surface area (Å²) in [6.45, 7) is 3.45. The molecule has 3 aliphatic rings. The number of ether oxygens (including phenoxy) is 1. The van der Waals surface area contributed by atoms with E-state index in [1.54, 1.807) is 24.0 Å². The molecule has 0 bridgehead atoms. The van der Waals surface area contributed by atoms with E-state index >= 15 is 4.39 Å². The van der Waals surface area contributed by atoms with Crippen LogP contribution in [0, 0.1) is 34.1 Å². The van der Waals surface area contributed by atoms with Gasteiger partial charge in [0.2, 0.25) is 0 Å². The number of rotatable bonds is 6. The fourth-order valence-corrected chi connectivity index (χ4v) is 7.63. The molecule has 4 heterocycles. The lowest BCUT2D eigenvalue weighted by molar-refractivity contribution is -0.384. The van der Waals surface area contributed by atoms with Gasteiger partial charge in [-0.1, -0.05) is 30.2 Å². The van der Waals surface area contributed by atoms with Gasteiger partial charge in [0.1, 0.15) is 29.9 Å². The zero-order valence-corrected chi connectivity index (χ0v) is 25.2. The molecule has 3 aromatic carbocycles. The first-order valence-corrected chi connectivity index (χ1v) is 15.4. The van der Waals surface area contributed by atoms with E-state index in [9.17, 15) is 24.0 Å². The number of aliphatic hydroxyl groups is 1. The summed E-state index contributed by atoms with van der Waals surface area (Å²) in [5.41, 5.74) is -2.92. The summed E-state index contributed by atoms with van der Waals surface area (Å²) in [7, 11) is 0. The molecule has 3 aliphatic heterocycles. The van der Waals surface area contributed by atoms with Crippen molar-refractivity contribution in [2.45, 2.75) is 56.3 Å². The maximum absolute atomic E-state index is 17.0. The van der Waals surface area contributed by atoms with Crippen molar-refractivity contribution in [2.75, 3.05) is 37.7 Å². The number of anilines is 1. The van der Waals surface area contributed by atoms with E-state index in [-0.39, 0.29) is 52.4 Å². The summed E-state index contributed by atoms with van der Waals surface area (Å²) >= 11 is 0. The van der Waals surface area contributed by atoms with Crippen molar-refractivity contribution in [2.24, 2.45) is 0 Å². The van der Waals surface area contributed by atoms with Gasteiger partial charge in [-0.15, -0.1) is 6.42 Å². The van der Waals surface area contributed by atoms with Crippen LogP contribution in [0.3, 0.4) is 0 Å². The van der Waals surface area contributed by atoms with Crippen LogP contribution in [-0.2, 0) is 0 Å². The third-order valence-electron chi connectivity index (χ3n) is 9.68. The first kappa shape index (κ1) is 30.2. The second-order valence-electron chi connectivity index (χ2n) is 12.9. The Morgan fingerprint density at radius 2 is 2.00 bits per heavy atom. The average Bonchev–Trinajstić information content (AvgIpc) is 3.54. The van der Waals surface area contributed by atoms with Crippen molar-refractivity contribution < 1.29 is 27.9 Å². The molecule has 0 amide bonds. The Morgan fingerprint density at radius 1 is 1.20 bits per heavy atom. The second kappa shape index (κ2) is 11.1. The van der Waals surface area contributed by atoms with Gasteiger partial charge in [0.15, 0.2) is 5.82 Å². The summed E-state index contributed by atoms with van der Waals surface area (Å²) in [4.78, 5) is 24.7. The Balaban J connectivity index is 1.45. The van der Waals surface area contributed by atoms with Crippen molar-refractivity contribution >= 4 is 33.2 Å². The van der Waals surface area contributed by atoms with Crippen LogP contribution in [0.4, 0.5) is 24.7 Å². The number of terminal acetylenes is 1. The SMILES string of the molecule is C#Cc1c(F)ccc2cccc(-c3c([N+](=O)[O-])cc4c(N5CCCC(C)(O)C5)nc(OC[C@@]56CCCN5C[C@H](F)C6)nc4c3F)c12. The maximum atomic E-state index is 17.0. The lowest BCUT2D eigenvalue weighted by atomic mass is 9.92. The molecule has 1 aromatic heterocycles. The van der Waals surface area contributed by atoms with Crippen LogP contribution in [-0.4, -0.2) is 75.0 Å². The molecule has 9 nitrogen and oxygen atoms in total. The Hall–Kier alpha value is -4.47. The molecule has 46 heavy (non-hydrogen) atoms. The van der Waals surface area contributed by atoms with Gasteiger partial charge in [-0.05, 0) is 50.6 Å². The largest absolute Gasteiger partial charge is 0.461 e. The predicted octanol–water partition coefficient (Wildman–Crippen LogP) is 5.92. The van der Waals surface area contributed by atoms with Crippen molar-refractivity contribution in [1.29, 1.82) is 0 Å². The molecule has 7 rings (SSSR count). The smallest absolute Gasteiger partial charge is 0.319 e. The Labute approximate surface area is 263 Å². The lowest BCUT2D eigenvalue weighted by Crippen LogP contribution is -2.46. The zero-order valence-electron chi connectivity index (χ0n) is 25.2. The Kier molecular flexibility index (Phi) is 7.29. The number of aromatic nitrogens is 2. The summed E-state index contributed by atoms with van der Waals surface area (Å²) in [5, 5.41) is 24.2. The van der Waals surface area contributed by atoms with Crippen LogP contribution in [0.15, 0.2) is 36.4 Å². The molecule has 1 N–H and O–H groups in total. The third-order valence-corrected chi connectivity index (χ3v) is 9.68. The highest BCUT2D eigenvalue weighted by Gasteiger charge is 2.49. The fraction of sp³-hybridized carbons (Fsp3) is 0.412. The summed E-state index contributed by atoms with van der Waals surface area (Å²) in [6.07, 6.45) is 7.76.